The largest absolute Gasteiger partial charge is 0.439 e. The minimum atomic E-state index is -4.63. The molecule has 222 valence electrons. The van der Waals surface area contributed by atoms with E-state index in [4.69, 9.17) is 4.74 Å². The lowest BCUT2D eigenvalue weighted by Gasteiger charge is -2.14. The molecule has 1 aliphatic rings. The fourth-order valence-corrected chi connectivity index (χ4v) is 5.49. The smallest absolute Gasteiger partial charge is 0.417 e. The number of nitrogens with one attached hydrogen (secondary N) is 2. The van der Waals surface area contributed by atoms with Crippen LogP contribution < -0.4 is 20.3 Å². The Balaban J connectivity index is 1.09. The molecule has 2 aromatic carbocycles. The van der Waals surface area contributed by atoms with Crippen LogP contribution in [-0.4, -0.2) is 33.4 Å². The number of carbonyl (C=O) groups is 2. The zero-order valence-electron chi connectivity index (χ0n) is 22.8. The summed E-state index contributed by atoms with van der Waals surface area (Å²) in [7, 11) is 0. The van der Waals surface area contributed by atoms with Gasteiger partial charge in [0.05, 0.1) is 33.7 Å². The number of urea groups is 1. The quantitative estimate of drug-likeness (QED) is 0.193. The van der Waals surface area contributed by atoms with Gasteiger partial charge in [0.1, 0.15) is 5.75 Å². The number of anilines is 3. The van der Waals surface area contributed by atoms with Gasteiger partial charge in [-0.15, -0.1) is 0 Å². The number of rotatable bonds is 7. The number of alkyl halides is 3. The molecule has 1 saturated heterocycles. The lowest BCUT2D eigenvalue weighted by atomic mass is 10.1. The summed E-state index contributed by atoms with van der Waals surface area (Å²) in [6.07, 6.45) is 0.600. The molecule has 0 saturated carbocycles. The van der Waals surface area contributed by atoms with Crippen LogP contribution in [0.1, 0.15) is 18.4 Å². The van der Waals surface area contributed by atoms with Crippen molar-refractivity contribution < 1.29 is 27.5 Å². The van der Waals surface area contributed by atoms with E-state index < -0.39 is 17.8 Å². The molecule has 3 aromatic heterocycles. The van der Waals surface area contributed by atoms with E-state index in [1.165, 1.54) is 17.5 Å². The summed E-state index contributed by atoms with van der Waals surface area (Å²) in [5, 5.41) is 5.72. The van der Waals surface area contributed by atoms with E-state index in [1.54, 1.807) is 65.7 Å². The van der Waals surface area contributed by atoms with Gasteiger partial charge in [-0.05, 0) is 48.4 Å². The Labute approximate surface area is 253 Å². The highest BCUT2D eigenvalue weighted by atomic mass is 32.1. The number of hydrogen-bond donors (Lipinski definition) is 2. The maximum Gasteiger partial charge on any atom is 0.417 e. The molecule has 0 unspecified atom stereocenters. The number of nitrogens with zero attached hydrogens (tertiary/aromatic N) is 4. The number of thiazole rings is 1. The third kappa shape index (κ3) is 6.52. The van der Waals surface area contributed by atoms with Gasteiger partial charge in [0.15, 0.2) is 5.13 Å². The zero-order chi connectivity index (χ0) is 30.7. The van der Waals surface area contributed by atoms with Crippen LogP contribution in [0.25, 0.3) is 21.7 Å². The first kappa shape index (κ1) is 28.8. The lowest BCUT2D eigenvalue weighted by Crippen LogP contribution is -2.23. The van der Waals surface area contributed by atoms with Crippen LogP contribution in [0.2, 0.25) is 0 Å². The van der Waals surface area contributed by atoms with Gasteiger partial charge in [-0.3, -0.25) is 14.7 Å². The van der Waals surface area contributed by atoms with Crippen molar-refractivity contribution in [3.8, 4) is 33.3 Å². The fourth-order valence-electron chi connectivity index (χ4n) is 4.52. The van der Waals surface area contributed by atoms with E-state index in [-0.39, 0.29) is 23.2 Å². The summed E-state index contributed by atoms with van der Waals surface area (Å²) in [6.45, 7) is 0.688. The summed E-state index contributed by atoms with van der Waals surface area (Å²) in [5.41, 5.74) is 0.877. The standard InChI is InChI=1S/C31H23F3N6O3S/c32-31(33,34)21-15-24(28(36-16-21)20-5-2-1-3-6-20)39-29(42)38-22-10-13-26(35-17-22)43-23-11-8-19(9-12-23)25-18-37-30(44-25)40-14-4-7-27(40)41/h1-3,5-6,8-13,15-18H,4,7,14H2,(H2,38,39,42). The van der Waals surface area contributed by atoms with Gasteiger partial charge in [-0.25, -0.2) is 14.8 Å². The second-order valence-corrected chi connectivity index (χ2v) is 10.7. The molecule has 13 heteroatoms. The minimum absolute atomic E-state index is 0.0919. The van der Waals surface area contributed by atoms with E-state index in [1.807, 2.05) is 12.1 Å². The summed E-state index contributed by atoms with van der Waals surface area (Å²) < 4.78 is 45.8. The number of ether oxygens (including phenoxy) is 1. The Morgan fingerprint density at radius 3 is 2.36 bits per heavy atom. The first-order valence-corrected chi connectivity index (χ1v) is 14.3. The van der Waals surface area contributed by atoms with Gasteiger partial charge >= 0.3 is 12.2 Å². The molecule has 44 heavy (non-hydrogen) atoms. The number of benzene rings is 2. The highest BCUT2D eigenvalue weighted by molar-refractivity contribution is 7.19. The van der Waals surface area contributed by atoms with Crippen molar-refractivity contribution in [1.82, 2.24) is 15.0 Å². The van der Waals surface area contributed by atoms with E-state index in [9.17, 15) is 22.8 Å². The van der Waals surface area contributed by atoms with E-state index in [0.717, 1.165) is 29.1 Å². The Morgan fingerprint density at radius 1 is 0.886 bits per heavy atom. The number of halogens is 3. The number of hydrogen-bond acceptors (Lipinski definition) is 7. The highest BCUT2D eigenvalue weighted by Crippen LogP contribution is 2.36. The predicted octanol–water partition coefficient (Wildman–Crippen LogP) is 7.85. The van der Waals surface area contributed by atoms with Crippen molar-refractivity contribution in [2.75, 3.05) is 22.1 Å². The van der Waals surface area contributed by atoms with Crippen LogP contribution in [-0.2, 0) is 11.0 Å². The van der Waals surface area contributed by atoms with E-state index in [2.05, 4.69) is 25.6 Å². The average molecular weight is 617 g/mol. The normalized spacial score (nSPS) is 13.2. The lowest BCUT2D eigenvalue weighted by molar-refractivity contribution is -0.137. The topological polar surface area (TPSA) is 109 Å². The molecule has 0 aliphatic carbocycles. The molecular formula is C31H23F3N6O3S. The van der Waals surface area contributed by atoms with Crippen LogP contribution in [0.15, 0.2) is 91.4 Å². The Bertz CT molecular complexity index is 1800. The molecule has 0 radical (unpaired) electrons. The molecule has 0 spiro atoms. The first-order valence-electron chi connectivity index (χ1n) is 13.4. The molecule has 1 aliphatic heterocycles. The molecule has 9 nitrogen and oxygen atoms in total. The molecule has 2 N–H and O–H groups in total. The third-order valence-corrected chi connectivity index (χ3v) is 7.73. The molecule has 0 bridgehead atoms. The van der Waals surface area contributed by atoms with Gasteiger partial charge in [0, 0.05) is 37.0 Å². The van der Waals surface area contributed by atoms with E-state index in [0.29, 0.717) is 35.1 Å². The number of pyridine rings is 2. The number of amides is 3. The first-order chi connectivity index (χ1) is 21.2. The number of carbonyl (C=O) groups excluding carboxylic acids is 2. The van der Waals surface area contributed by atoms with Gasteiger partial charge in [0.25, 0.3) is 0 Å². The maximum atomic E-state index is 13.3. The molecule has 1 fully saturated rings. The van der Waals surface area contributed by atoms with Crippen molar-refractivity contribution in [3.63, 3.8) is 0 Å². The molecule has 4 heterocycles. The summed E-state index contributed by atoms with van der Waals surface area (Å²) in [5.74, 6) is 0.892. The van der Waals surface area contributed by atoms with Crippen LogP contribution in [0.5, 0.6) is 11.6 Å². The maximum absolute atomic E-state index is 13.3. The molecule has 5 aromatic rings. The average Bonchev–Trinajstić information content (AvgIpc) is 3.67. The SMILES string of the molecule is O=C(Nc1ccc(Oc2ccc(-c3cnc(N4CCCC4=O)s3)cc2)nc1)Nc1cc(C(F)(F)F)cnc1-c1ccccc1. The van der Waals surface area contributed by atoms with Crippen molar-refractivity contribution >= 4 is 39.8 Å². The monoisotopic (exact) mass is 616 g/mol. The van der Waals surface area contributed by atoms with Gasteiger partial charge < -0.3 is 15.4 Å². The molecule has 6 rings (SSSR count). The third-order valence-electron chi connectivity index (χ3n) is 6.66. The van der Waals surface area contributed by atoms with Gasteiger partial charge in [-0.2, -0.15) is 13.2 Å². The van der Waals surface area contributed by atoms with E-state index >= 15 is 0 Å². The fraction of sp³-hybridized carbons (Fsp3) is 0.129. The zero-order valence-corrected chi connectivity index (χ0v) is 23.7. The second-order valence-electron chi connectivity index (χ2n) is 9.73. The molecular weight excluding hydrogens is 593 g/mol. The van der Waals surface area contributed by atoms with Gasteiger partial charge in [-0.1, -0.05) is 41.7 Å². The second kappa shape index (κ2) is 12.1. The van der Waals surface area contributed by atoms with Crippen molar-refractivity contribution in [3.05, 3.63) is 97.0 Å². The van der Waals surface area contributed by atoms with Crippen molar-refractivity contribution in [2.45, 2.75) is 19.0 Å². The highest BCUT2D eigenvalue weighted by Gasteiger charge is 2.32. The van der Waals surface area contributed by atoms with Crippen LogP contribution in [0.3, 0.4) is 0 Å². The Morgan fingerprint density at radius 2 is 1.68 bits per heavy atom. The predicted molar refractivity (Wildman–Crippen MR) is 161 cm³/mol. The molecule has 0 atom stereocenters. The molecule has 3 amide bonds. The van der Waals surface area contributed by atoms with Crippen molar-refractivity contribution in [2.24, 2.45) is 0 Å². The Kier molecular flexibility index (Phi) is 7.94. The van der Waals surface area contributed by atoms with Crippen LogP contribution >= 0.6 is 11.3 Å². The summed E-state index contributed by atoms with van der Waals surface area (Å²) >= 11 is 1.45. The van der Waals surface area contributed by atoms with Gasteiger partial charge in [0.2, 0.25) is 11.8 Å². The summed E-state index contributed by atoms with van der Waals surface area (Å²) in [6, 6.07) is 19.1. The summed E-state index contributed by atoms with van der Waals surface area (Å²) in [4.78, 5) is 39.9. The number of aromatic nitrogens is 3. The van der Waals surface area contributed by atoms with Crippen LogP contribution in [0, 0.1) is 0 Å². The minimum Gasteiger partial charge on any atom is -0.439 e. The van der Waals surface area contributed by atoms with Crippen LogP contribution in [0.4, 0.5) is 34.5 Å². The Hall–Kier alpha value is -5.30. The van der Waals surface area contributed by atoms with Crippen molar-refractivity contribution in [1.29, 1.82) is 0 Å².